The number of aryl methyl sites for hydroxylation is 1. The Kier molecular flexibility index (Phi) is 3.53. The van der Waals surface area contributed by atoms with Crippen LogP contribution in [-0.2, 0) is 11.3 Å². The summed E-state index contributed by atoms with van der Waals surface area (Å²) in [5.41, 5.74) is 1.11. The van der Waals surface area contributed by atoms with Crippen LogP contribution in [-0.4, -0.2) is 32.3 Å². The summed E-state index contributed by atoms with van der Waals surface area (Å²) in [5, 5.41) is 41.7. The van der Waals surface area contributed by atoms with Crippen LogP contribution in [0.4, 0.5) is 0 Å². The van der Waals surface area contributed by atoms with Crippen LogP contribution in [0.3, 0.4) is 0 Å². The van der Waals surface area contributed by atoms with Crippen LogP contribution in [0.1, 0.15) is 49.7 Å². The van der Waals surface area contributed by atoms with Crippen molar-refractivity contribution in [3.8, 4) is 5.75 Å². The molecule has 3 N–H and O–H groups in total. The summed E-state index contributed by atoms with van der Waals surface area (Å²) in [6.07, 6.45) is 2.40. The van der Waals surface area contributed by atoms with Crippen molar-refractivity contribution in [1.82, 2.24) is 0 Å². The third-order valence-electron chi connectivity index (χ3n) is 6.87. The molecule has 136 valence electrons. The Morgan fingerprint density at radius 1 is 1.32 bits per heavy atom. The lowest BCUT2D eigenvalue weighted by Gasteiger charge is -2.55. The first-order valence-corrected chi connectivity index (χ1v) is 8.80. The largest absolute Gasteiger partial charge is 0.508 e. The Hall–Kier alpha value is -1.86. The molecular formula is C18H23NO6. The number of rotatable bonds is 2. The minimum absolute atomic E-state index is 0.00195. The predicted octanol–water partition coefficient (Wildman–Crippen LogP) is 2.12. The number of phenolic OH excluding ortho intramolecular Hbond substituents is 1. The van der Waals surface area contributed by atoms with Gasteiger partial charge in [0, 0.05) is 17.8 Å². The van der Waals surface area contributed by atoms with Crippen molar-refractivity contribution in [3.63, 3.8) is 0 Å². The van der Waals surface area contributed by atoms with Crippen LogP contribution in [0.2, 0.25) is 0 Å². The van der Waals surface area contributed by atoms with Crippen molar-refractivity contribution in [2.24, 2.45) is 17.3 Å². The first-order chi connectivity index (χ1) is 11.7. The number of fused-ring (bicyclic) bond motifs is 5. The molecule has 7 nitrogen and oxygen atoms in total. The number of hydrogen-bond acceptors (Lipinski definition) is 6. The van der Waals surface area contributed by atoms with Gasteiger partial charge in [0.1, 0.15) is 5.75 Å². The topological polar surface area (TPSA) is 113 Å². The predicted molar refractivity (Wildman–Crippen MR) is 87.1 cm³/mol. The summed E-state index contributed by atoms with van der Waals surface area (Å²) in [7, 11) is 0. The smallest absolute Gasteiger partial charge is 0.297 e. The number of phenols is 1. The molecule has 0 bridgehead atoms. The number of benzene rings is 1. The Balaban J connectivity index is 1.85. The molecule has 2 fully saturated rings. The van der Waals surface area contributed by atoms with Gasteiger partial charge in [-0.3, -0.25) is 4.84 Å². The molecule has 0 aromatic heterocycles. The molecule has 4 rings (SSSR count). The molecule has 1 aromatic rings. The molecule has 3 aliphatic carbocycles. The van der Waals surface area contributed by atoms with E-state index >= 15 is 0 Å². The Bertz CT molecular complexity index is 724. The molecule has 0 spiro atoms. The van der Waals surface area contributed by atoms with Crippen LogP contribution in [0.15, 0.2) is 18.2 Å². The number of aliphatic hydroxyl groups excluding tert-OH is 1. The quantitative estimate of drug-likeness (QED) is 0.428. The fraction of sp³-hybridized carbons (Fsp3) is 0.667. The first kappa shape index (κ1) is 16.6. The van der Waals surface area contributed by atoms with E-state index in [4.69, 9.17) is 4.84 Å². The van der Waals surface area contributed by atoms with E-state index in [9.17, 15) is 25.4 Å². The average molecular weight is 349 g/mol. The highest BCUT2D eigenvalue weighted by Gasteiger charge is 2.64. The van der Waals surface area contributed by atoms with Gasteiger partial charge in [-0.2, -0.15) is 0 Å². The van der Waals surface area contributed by atoms with E-state index in [-0.39, 0.29) is 24.0 Å². The van der Waals surface area contributed by atoms with E-state index < -0.39 is 28.3 Å². The van der Waals surface area contributed by atoms with Crippen LogP contribution in [0, 0.1) is 27.4 Å². The van der Waals surface area contributed by atoms with Gasteiger partial charge in [-0.25, -0.2) is 0 Å². The third-order valence-corrected chi connectivity index (χ3v) is 6.87. The zero-order chi connectivity index (χ0) is 18.0. The summed E-state index contributed by atoms with van der Waals surface area (Å²) in [6, 6.07) is 4.95. The van der Waals surface area contributed by atoms with E-state index in [1.807, 2.05) is 6.92 Å². The van der Waals surface area contributed by atoms with Crippen molar-refractivity contribution in [2.45, 2.75) is 56.8 Å². The molecule has 0 saturated heterocycles. The molecule has 0 heterocycles. The summed E-state index contributed by atoms with van der Waals surface area (Å²) in [4.78, 5) is 16.0. The maximum Gasteiger partial charge on any atom is 0.297 e. The van der Waals surface area contributed by atoms with Crippen molar-refractivity contribution in [3.05, 3.63) is 39.4 Å². The normalized spacial score (nSPS) is 42.2. The second kappa shape index (κ2) is 5.32. The standard InChI is InChI=1S/C18H23NO6/c1-17-9-18(22,25-19(23)24)16-12-5-3-11(20)8-10(12)2-4-13(16)14(17)6-7-15(17)21/h3,5,8,13-16,20-22H,2,4,6-7,9H2,1H3/t13-,14-,15-,16+,17-,18+/m0/s1. The zero-order valence-electron chi connectivity index (χ0n) is 14.1. The van der Waals surface area contributed by atoms with Gasteiger partial charge in [-0.15, -0.1) is 10.1 Å². The van der Waals surface area contributed by atoms with Crippen molar-refractivity contribution >= 4 is 0 Å². The second-order valence-corrected chi connectivity index (χ2v) is 8.11. The number of aromatic hydroxyl groups is 1. The first-order valence-electron chi connectivity index (χ1n) is 8.80. The summed E-state index contributed by atoms with van der Waals surface area (Å²) >= 11 is 0. The second-order valence-electron chi connectivity index (χ2n) is 8.11. The maximum atomic E-state index is 11.2. The lowest BCUT2D eigenvalue weighted by Crippen LogP contribution is -2.58. The van der Waals surface area contributed by atoms with Crippen LogP contribution < -0.4 is 0 Å². The highest BCUT2D eigenvalue weighted by molar-refractivity contribution is 5.41. The van der Waals surface area contributed by atoms with Gasteiger partial charge in [-0.05, 0) is 60.8 Å². The summed E-state index contributed by atoms with van der Waals surface area (Å²) < 4.78 is 0. The molecule has 0 aliphatic heterocycles. The molecule has 7 heteroatoms. The van der Waals surface area contributed by atoms with E-state index in [1.54, 1.807) is 18.2 Å². The number of nitrogens with zero attached hydrogens (tertiary/aromatic N) is 1. The molecular weight excluding hydrogens is 326 g/mol. The number of hydrogen-bond donors (Lipinski definition) is 3. The van der Waals surface area contributed by atoms with Gasteiger partial charge in [0.15, 0.2) is 0 Å². The van der Waals surface area contributed by atoms with Gasteiger partial charge >= 0.3 is 0 Å². The zero-order valence-corrected chi connectivity index (χ0v) is 14.1. The molecule has 3 aliphatic rings. The number of aliphatic hydroxyl groups is 2. The summed E-state index contributed by atoms with van der Waals surface area (Å²) in [6.45, 7) is 1.91. The van der Waals surface area contributed by atoms with Crippen molar-refractivity contribution < 1.29 is 25.2 Å². The van der Waals surface area contributed by atoms with Gasteiger partial charge in [0.2, 0.25) is 5.79 Å². The fourth-order valence-electron chi connectivity index (χ4n) is 5.91. The molecule has 0 amide bonds. The Morgan fingerprint density at radius 2 is 2.08 bits per heavy atom. The van der Waals surface area contributed by atoms with Crippen molar-refractivity contribution in [2.75, 3.05) is 0 Å². The van der Waals surface area contributed by atoms with Crippen LogP contribution in [0.25, 0.3) is 0 Å². The Morgan fingerprint density at radius 3 is 2.80 bits per heavy atom. The lowest BCUT2D eigenvalue weighted by molar-refractivity contribution is -0.800. The van der Waals surface area contributed by atoms with Gasteiger partial charge in [0.25, 0.3) is 5.09 Å². The van der Waals surface area contributed by atoms with Gasteiger partial charge in [-0.1, -0.05) is 13.0 Å². The molecule has 0 radical (unpaired) electrons. The van der Waals surface area contributed by atoms with Crippen molar-refractivity contribution in [1.29, 1.82) is 0 Å². The minimum atomic E-state index is -1.98. The lowest BCUT2D eigenvalue weighted by atomic mass is 9.53. The average Bonchev–Trinajstić information content (AvgIpc) is 2.80. The van der Waals surface area contributed by atoms with Gasteiger partial charge < -0.3 is 15.3 Å². The monoisotopic (exact) mass is 349 g/mol. The Labute approximate surface area is 145 Å². The molecule has 2 saturated carbocycles. The van der Waals surface area contributed by atoms with E-state index in [2.05, 4.69) is 0 Å². The highest BCUT2D eigenvalue weighted by Crippen LogP contribution is 2.64. The fourth-order valence-corrected chi connectivity index (χ4v) is 5.91. The minimum Gasteiger partial charge on any atom is -0.508 e. The molecule has 1 aromatic carbocycles. The van der Waals surface area contributed by atoms with Gasteiger partial charge in [0.05, 0.1) is 6.10 Å². The maximum absolute atomic E-state index is 11.2. The molecule has 0 unspecified atom stereocenters. The van der Waals surface area contributed by atoms with E-state index in [0.717, 1.165) is 30.4 Å². The SMILES string of the molecule is C[C@]12C[C@@](O)(O[N+](=O)[O-])[C@@H]3c4ccc(O)cc4CC[C@H]3[C@@H]1CC[C@@H]2O. The van der Waals surface area contributed by atoms with E-state index in [1.165, 1.54) is 0 Å². The molecule has 6 atom stereocenters. The van der Waals surface area contributed by atoms with Crippen LogP contribution >= 0.6 is 0 Å². The van der Waals surface area contributed by atoms with Crippen LogP contribution in [0.5, 0.6) is 5.75 Å². The third kappa shape index (κ3) is 2.33. The van der Waals surface area contributed by atoms with E-state index in [0.29, 0.717) is 6.42 Å². The summed E-state index contributed by atoms with van der Waals surface area (Å²) in [5.74, 6) is -2.18. The molecule has 25 heavy (non-hydrogen) atoms. The highest BCUT2D eigenvalue weighted by atomic mass is 17.0.